The lowest BCUT2D eigenvalue weighted by Crippen LogP contribution is -2.22. The fourth-order valence-corrected chi connectivity index (χ4v) is 2.52. The molecule has 1 heterocycles. The summed E-state index contributed by atoms with van der Waals surface area (Å²) in [6, 6.07) is 3.64. The van der Waals surface area contributed by atoms with Crippen molar-refractivity contribution in [3.05, 3.63) is 12.1 Å². The van der Waals surface area contributed by atoms with E-state index in [0.29, 0.717) is 22.6 Å². The maximum absolute atomic E-state index is 9.78. The number of aliphatic hydroxyl groups excluding tert-OH is 1. The van der Waals surface area contributed by atoms with Crippen LogP contribution in [0.25, 0.3) is 11.0 Å². The quantitative estimate of drug-likeness (QED) is 0.710. The highest BCUT2D eigenvalue weighted by molar-refractivity contribution is 5.94. The molecular weight excluding hydrogens is 232 g/mol. The minimum atomic E-state index is -0.197. The Labute approximate surface area is 104 Å². The van der Waals surface area contributed by atoms with Crippen molar-refractivity contribution >= 4 is 22.4 Å². The fourth-order valence-electron chi connectivity index (χ4n) is 2.52. The van der Waals surface area contributed by atoms with Crippen LogP contribution in [0.2, 0.25) is 0 Å². The number of nitrogens with one attached hydrogen (secondary N) is 1. The second-order valence-corrected chi connectivity index (χ2v) is 4.80. The zero-order valence-corrected chi connectivity index (χ0v) is 9.97. The first-order valence-corrected chi connectivity index (χ1v) is 6.18. The van der Waals surface area contributed by atoms with Crippen LogP contribution in [0.1, 0.15) is 19.3 Å². The van der Waals surface area contributed by atoms with Crippen LogP contribution < -0.4 is 11.1 Å². The topological polar surface area (TPSA) is 97.2 Å². The molecule has 0 amide bonds. The fraction of sp³-hybridized carbons (Fsp3) is 0.500. The van der Waals surface area contributed by atoms with Gasteiger partial charge in [0.2, 0.25) is 0 Å². The number of hydrogen-bond donors (Lipinski definition) is 3. The van der Waals surface area contributed by atoms with Gasteiger partial charge in [-0.05, 0) is 35.3 Å². The second-order valence-electron chi connectivity index (χ2n) is 4.80. The number of hydrogen-bond acceptors (Lipinski definition) is 6. The molecule has 0 spiro atoms. The molecule has 6 heteroatoms. The van der Waals surface area contributed by atoms with Crippen molar-refractivity contribution in [3.8, 4) is 0 Å². The van der Waals surface area contributed by atoms with Gasteiger partial charge >= 0.3 is 0 Å². The minimum Gasteiger partial charge on any atom is -0.397 e. The highest BCUT2D eigenvalue weighted by Gasteiger charge is 2.25. The highest BCUT2D eigenvalue weighted by atomic mass is 16.6. The second kappa shape index (κ2) is 4.45. The van der Waals surface area contributed by atoms with E-state index in [9.17, 15) is 5.11 Å². The van der Waals surface area contributed by atoms with Crippen molar-refractivity contribution in [2.24, 2.45) is 5.92 Å². The van der Waals surface area contributed by atoms with Crippen LogP contribution in [0.4, 0.5) is 11.4 Å². The average molecular weight is 248 g/mol. The molecule has 1 aromatic heterocycles. The summed E-state index contributed by atoms with van der Waals surface area (Å²) in [6.45, 7) is 0.729. The lowest BCUT2D eigenvalue weighted by molar-refractivity contribution is 0.138. The lowest BCUT2D eigenvalue weighted by atomic mass is 10.1. The predicted molar refractivity (Wildman–Crippen MR) is 68.1 cm³/mol. The summed E-state index contributed by atoms with van der Waals surface area (Å²) in [4.78, 5) is 0. The van der Waals surface area contributed by atoms with E-state index in [0.717, 1.165) is 31.5 Å². The maximum atomic E-state index is 9.78. The van der Waals surface area contributed by atoms with Crippen LogP contribution >= 0.6 is 0 Å². The summed E-state index contributed by atoms with van der Waals surface area (Å²) < 4.78 is 4.71. The van der Waals surface area contributed by atoms with Gasteiger partial charge in [-0.1, -0.05) is 6.42 Å². The average Bonchev–Trinajstić information content (AvgIpc) is 2.98. The number of nitrogens with zero attached hydrogens (tertiary/aromatic N) is 2. The summed E-state index contributed by atoms with van der Waals surface area (Å²) >= 11 is 0. The van der Waals surface area contributed by atoms with Crippen LogP contribution in [0, 0.1) is 5.92 Å². The molecule has 6 nitrogen and oxygen atoms in total. The van der Waals surface area contributed by atoms with Gasteiger partial charge in [0, 0.05) is 12.5 Å². The molecule has 2 atom stereocenters. The van der Waals surface area contributed by atoms with Crippen LogP contribution in [-0.2, 0) is 0 Å². The number of fused-ring (bicyclic) bond motifs is 1. The van der Waals surface area contributed by atoms with E-state index >= 15 is 0 Å². The Kier molecular flexibility index (Phi) is 2.79. The predicted octanol–water partition coefficient (Wildman–Crippen LogP) is 1.38. The molecule has 1 fully saturated rings. The molecule has 3 rings (SSSR count). The highest BCUT2D eigenvalue weighted by Crippen LogP contribution is 2.28. The zero-order valence-electron chi connectivity index (χ0n) is 9.97. The first-order valence-electron chi connectivity index (χ1n) is 6.18. The van der Waals surface area contributed by atoms with E-state index < -0.39 is 0 Å². The summed E-state index contributed by atoms with van der Waals surface area (Å²) in [6.07, 6.45) is 2.85. The molecule has 0 aliphatic heterocycles. The molecule has 1 aliphatic rings. The van der Waals surface area contributed by atoms with E-state index in [1.807, 2.05) is 6.07 Å². The van der Waals surface area contributed by atoms with Gasteiger partial charge in [0.25, 0.3) is 0 Å². The molecule has 0 radical (unpaired) electrons. The van der Waals surface area contributed by atoms with E-state index in [4.69, 9.17) is 10.4 Å². The molecule has 1 aliphatic carbocycles. The van der Waals surface area contributed by atoms with Crippen molar-refractivity contribution in [1.82, 2.24) is 10.3 Å². The van der Waals surface area contributed by atoms with Gasteiger partial charge in [-0.15, -0.1) is 0 Å². The molecular formula is C12H16N4O2. The first kappa shape index (κ1) is 11.3. The number of benzene rings is 1. The molecule has 0 bridgehead atoms. The molecule has 1 saturated carbocycles. The van der Waals surface area contributed by atoms with Gasteiger partial charge in [-0.25, -0.2) is 4.63 Å². The third-order valence-electron chi connectivity index (χ3n) is 3.62. The molecule has 0 saturated heterocycles. The summed E-state index contributed by atoms with van der Waals surface area (Å²) in [5.74, 6) is 0.303. The van der Waals surface area contributed by atoms with Gasteiger partial charge in [0.05, 0.1) is 17.5 Å². The van der Waals surface area contributed by atoms with Crippen molar-refractivity contribution < 1.29 is 9.74 Å². The standard InChI is InChI=1S/C12H16N4O2/c13-8-4-5-9(12-11(8)15-18-16-12)14-6-7-2-1-3-10(7)17/h4-5,7,10,14,17H,1-3,6,13H2. The summed E-state index contributed by atoms with van der Waals surface area (Å²) in [5.41, 5.74) is 8.40. The van der Waals surface area contributed by atoms with Gasteiger partial charge in [0.15, 0.2) is 11.0 Å². The smallest absolute Gasteiger partial charge is 0.160 e. The SMILES string of the molecule is Nc1ccc(NCC2CCCC2O)c2nonc12. The molecule has 4 N–H and O–H groups in total. The summed E-state index contributed by atoms with van der Waals surface area (Å²) in [5, 5.41) is 20.7. The van der Waals surface area contributed by atoms with Crippen molar-refractivity contribution in [2.45, 2.75) is 25.4 Å². The third kappa shape index (κ3) is 1.88. The Morgan fingerprint density at radius 3 is 2.94 bits per heavy atom. The third-order valence-corrected chi connectivity index (χ3v) is 3.62. The van der Waals surface area contributed by atoms with Crippen molar-refractivity contribution in [3.63, 3.8) is 0 Å². The number of nitrogens with two attached hydrogens (primary N) is 1. The monoisotopic (exact) mass is 248 g/mol. The Hall–Kier alpha value is -1.82. The van der Waals surface area contributed by atoms with Crippen molar-refractivity contribution in [1.29, 1.82) is 0 Å². The molecule has 2 aromatic rings. The van der Waals surface area contributed by atoms with Crippen molar-refractivity contribution in [2.75, 3.05) is 17.6 Å². The minimum absolute atomic E-state index is 0.197. The molecule has 18 heavy (non-hydrogen) atoms. The Balaban J connectivity index is 1.78. The molecule has 1 aromatic carbocycles. The van der Waals surface area contributed by atoms with Crippen LogP contribution in [0.15, 0.2) is 16.8 Å². The lowest BCUT2D eigenvalue weighted by Gasteiger charge is -2.16. The number of aliphatic hydroxyl groups is 1. The van der Waals surface area contributed by atoms with Crippen LogP contribution in [0.5, 0.6) is 0 Å². The van der Waals surface area contributed by atoms with Gasteiger partial charge < -0.3 is 16.2 Å². The zero-order chi connectivity index (χ0) is 12.5. The van der Waals surface area contributed by atoms with Gasteiger partial charge in [-0.3, -0.25) is 0 Å². The van der Waals surface area contributed by atoms with Crippen LogP contribution in [0.3, 0.4) is 0 Å². The van der Waals surface area contributed by atoms with E-state index in [1.165, 1.54) is 0 Å². The number of anilines is 2. The van der Waals surface area contributed by atoms with Gasteiger partial charge in [0.1, 0.15) is 0 Å². The molecule has 96 valence electrons. The number of aromatic nitrogens is 2. The first-order chi connectivity index (χ1) is 8.75. The van der Waals surface area contributed by atoms with E-state index in [2.05, 4.69) is 15.6 Å². The molecule has 2 unspecified atom stereocenters. The summed E-state index contributed by atoms with van der Waals surface area (Å²) in [7, 11) is 0. The van der Waals surface area contributed by atoms with Crippen LogP contribution in [-0.4, -0.2) is 28.1 Å². The largest absolute Gasteiger partial charge is 0.397 e. The van der Waals surface area contributed by atoms with Gasteiger partial charge in [-0.2, -0.15) is 0 Å². The van der Waals surface area contributed by atoms with E-state index in [1.54, 1.807) is 6.07 Å². The maximum Gasteiger partial charge on any atom is 0.160 e. The Bertz CT molecular complexity index is 554. The normalized spacial score (nSPS) is 23.6. The number of nitrogen functional groups attached to an aromatic ring is 1. The van der Waals surface area contributed by atoms with E-state index in [-0.39, 0.29) is 6.10 Å². The number of rotatable bonds is 3. The Morgan fingerprint density at radius 1 is 1.33 bits per heavy atom. The Morgan fingerprint density at radius 2 is 2.17 bits per heavy atom.